The summed E-state index contributed by atoms with van der Waals surface area (Å²) in [6.45, 7) is 3.68. The summed E-state index contributed by atoms with van der Waals surface area (Å²) in [7, 11) is -3.81. The minimum absolute atomic E-state index is 0.0697. The molecule has 0 aromatic heterocycles. The molecule has 0 saturated carbocycles. The third-order valence-corrected chi connectivity index (χ3v) is 6.37. The van der Waals surface area contributed by atoms with Gasteiger partial charge in [0, 0.05) is 23.2 Å². The van der Waals surface area contributed by atoms with Crippen LogP contribution in [0.5, 0.6) is 0 Å². The number of hydrogen-bond acceptors (Lipinski definition) is 4. The van der Waals surface area contributed by atoms with Crippen molar-refractivity contribution in [3.8, 4) is 0 Å². The first-order valence-corrected chi connectivity index (χ1v) is 8.27. The van der Waals surface area contributed by atoms with Gasteiger partial charge in [0.25, 0.3) is 0 Å². The summed E-state index contributed by atoms with van der Waals surface area (Å²) in [6, 6.07) is 4.58. The summed E-state index contributed by atoms with van der Waals surface area (Å²) in [5.41, 5.74) is 4.88. The number of halogens is 1. The van der Waals surface area contributed by atoms with E-state index >= 15 is 0 Å². The largest absolute Gasteiger partial charge is 0.399 e. The first kappa shape index (κ1) is 15.3. The maximum atomic E-state index is 12.8. The van der Waals surface area contributed by atoms with Gasteiger partial charge < -0.3 is 11.1 Å². The smallest absolute Gasteiger partial charge is 0.245 e. The van der Waals surface area contributed by atoms with Crippen molar-refractivity contribution in [2.45, 2.75) is 24.3 Å². The van der Waals surface area contributed by atoms with Crippen LogP contribution in [0.4, 0.5) is 5.69 Å². The zero-order chi connectivity index (χ0) is 15.1. The van der Waals surface area contributed by atoms with Crippen LogP contribution in [-0.2, 0) is 14.8 Å². The molecule has 1 fully saturated rings. The number of nitrogens with one attached hydrogen (secondary N) is 1. The Bertz CT molecular complexity index is 658. The summed E-state index contributed by atoms with van der Waals surface area (Å²) >= 11 is 3.22. The molecule has 1 amide bonds. The molecule has 6 nitrogen and oxygen atoms in total. The quantitative estimate of drug-likeness (QED) is 0.766. The number of nitrogen functional groups attached to an aromatic ring is 1. The van der Waals surface area contributed by atoms with E-state index in [4.69, 9.17) is 5.73 Å². The van der Waals surface area contributed by atoms with Crippen molar-refractivity contribution in [1.29, 1.82) is 0 Å². The van der Waals surface area contributed by atoms with Gasteiger partial charge in [-0.3, -0.25) is 4.79 Å². The van der Waals surface area contributed by atoms with Gasteiger partial charge >= 0.3 is 0 Å². The van der Waals surface area contributed by atoms with E-state index in [0.717, 1.165) is 0 Å². The molecule has 110 valence electrons. The lowest BCUT2D eigenvalue weighted by molar-refractivity contribution is -0.131. The number of rotatable bonds is 2. The third-order valence-electron chi connectivity index (χ3n) is 3.30. The summed E-state index contributed by atoms with van der Waals surface area (Å²) in [4.78, 5) is 12.0. The number of piperazine rings is 1. The number of benzene rings is 1. The van der Waals surface area contributed by atoms with Crippen molar-refractivity contribution < 1.29 is 13.2 Å². The van der Waals surface area contributed by atoms with Crippen molar-refractivity contribution in [3.63, 3.8) is 0 Å². The standard InChI is InChI=1S/C12H16BrN3O3S/c1-12(2)11(17)15-5-6-16(12)20(18,19)10-7-8(14)3-4-9(10)13/h3-4,7H,5-6,14H2,1-2H3,(H,15,17). The van der Waals surface area contributed by atoms with Gasteiger partial charge in [-0.15, -0.1) is 0 Å². The molecule has 1 aromatic carbocycles. The van der Waals surface area contributed by atoms with Gasteiger partial charge in [-0.25, -0.2) is 8.42 Å². The Morgan fingerprint density at radius 3 is 2.70 bits per heavy atom. The lowest BCUT2D eigenvalue weighted by Crippen LogP contribution is -2.63. The third kappa shape index (κ3) is 2.43. The molecule has 1 aromatic rings. The normalized spacial score (nSPS) is 19.6. The van der Waals surface area contributed by atoms with Crippen LogP contribution in [0.15, 0.2) is 27.6 Å². The average Bonchev–Trinajstić information content (AvgIpc) is 2.35. The highest BCUT2D eigenvalue weighted by Crippen LogP contribution is 2.31. The van der Waals surface area contributed by atoms with E-state index in [9.17, 15) is 13.2 Å². The van der Waals surface area contributed by atoms with Gasteiger partial charge in [0.05, 0.1) is 4.90 Å². The lowest BCUT2D eigenvalue weighted by Gasteiger charge is -2.40. The van der Waals surface area contributed by atoms with Crippen LogP contribution in [0.3, 0.4) is 0 Å². The Morgan fingerprint density at radius 1 is 1.40 bits per heavy atom. The first-order valence-electron chi connectivity index (χ1n) is 6.03. The second-order valence-electron chi connectivity index (χ2n) is 5.08. The number of anilines is 1. The Kier molecular flexibility index (Phi) is 3.83. The number of amides is 1. The number of hydrogen-bond donors (Lipinski definition) is 2. The predicted octanol–water partition coefficient (Wildman–Crippen LogP) is 0.930. The number of carbonyl (C=O) groups is 1. The van der Waals surface area contributed by atoms with Crippen molar-refractivity contribution >= 4 is 37.5 Å². The van der Waals surface area contributed by atoms with Crippen LogP contribution in [0.25, 0.3) is 0 Å². The number of sulfonamides is 1. The molecule has 0 aliphatic carbocycles. The molecular formula is C12H16BrN3O3S. The van der Waals surface area contributed by atoms with Gasteiger partial charge in [-0.05, 0) is 48.0 Å². The van der Waals surface area contributed by atoms with Crippen molar-refractivity contribution in [2.75, 3.05) is 18.8 Å². The zero-order valence-electron chi connectivity index (χ0n) is 11.2. The molecule has 1 aliphatic heterocycles. The predicted molar refractivity (Wildman–Crippen MR) is 79.5 cm³/mol. The molecule has 20 heavy (non-hydrogen) atoms. The molecule has 2 rings (SSSR count). The molecule has 3 N–H and O–H groups in total. The minimum Gasteiger partial charge on any atom is -0.399 e. The van der Waals surface area contributed by atoms with Crippen LogP contribution >= 0.6 is 15.9 Å². The molecule has 0 unspecified atom stereocenters. The minimum atomic E-state index is -3.81. The van der Waals surface area contributed by atoms with Gasteiger partial charge in [-0.1, -0.05) is 0 Å². The van der Waals surface area contributed by atoms with Crippen molar-refractivity contribution in [1.82, 2.24) is 9.62 Å². The van der Waals surface area contributed by atoms with Crippen molar-refractivity contribution in [3.05, 3.63) is 22.7 Å². The van der Waals surface area contributed by atoms with Gasteiger partial charge in [0.15, 0.2) is 0 Å². The fraction of sp³-hybridized carbons (Fsp3) is 0.417. The maximum absolute atomic E-state index is 12.8. The van der Waals surface area contributed by atoms with E-state index < -0.39 is 15.6 Å². The van der Waals surface area contributed by atoms with Crippen LogP contribution in [-0.4, -0.2) is 37.3 Å². The molecule has 1 saturated heterocycles. The zero-order valence-corrected chi connectivity index (χ0v) is 13.6. The van der Waals surface area contributed by atoms with Crippen LogP contribution < -0.4 is 11.1 Å². The van der Waals surface area contributed by atoms with E-state index in [1.54, 1.807) is 26.0 Å². The molecule has 0 bridgehead atoms. The van der Waals surface area contributed by atoms with Gasteiger partial charge in [0.2, 0.25) is 15.9 Å². The molecule has 0 spiro atoms. The van der Waals surface area contributed by atoms with E-state index in [-0.39, 0.29) is 17.3 Å². The number of nitrogens with zero attached hydrogens (tertiary/aromatic N) is 1. The molecule has 8 heteroatoms. The monoisotopic (exact) mass is 361 g/mol. The van der Waals surface area contributed by atoms with Gasteiger partial charge in [0.1, 0.15) is 5.54 Å². The van der Waals surface area contributed by atoms with Crippen LogP contribution in [0.2, 0.25) is 0 Å². The Balaban J connectivity index is 2.55. The van der Waals surface area contributed by atoms with E-state index in [0.29, 0.717) is 16.7 Å². The molecule has 0 atom stereocenters. The Morgan fingerprint density at radius 2 is 2.05 bits per heavy atom. The topological polar surface area (TPSA) is 92.5 Å². The highest BCUT2D eigenvalue weighted by molar-refractivity contribution is 9.10. The second kappa shape index (κ2) is 5.01. The fourth-order valence-corrected chi connectivity index (χ4v) is 4.85. The first-order chi connectivity index (χ1) is 9.17. The van der Waals surface area contributed by atoms with E-state index in [2.05, 4.69) is 21.2 Å². The van der Waals surface area contributed by atoms with Crippen LogP contribution in [0, 0.1) is 0 Å². The Labute approximate surface area is 126 Å². The summed E-state index contributed by atoms with van der Waals surface area (Å²) in [6.07, 6.45) is 0. The molecular weight excluding hydrogens is 346 g/mol. The molecule has 1 aliphatic rings. The van der Waals surface area contributed by atoms with E-state index in [1.165, 1.54) is 10.4 Å². The fourth-order valence-electron chi connectivity index (χ4n) is 2.14. The Hall–Kier alpha value is -1.12. The SMILES string of the molecule is CC1(C)C(=O)NCCN1S(=O)(=O)c1cc(N)ccc1Br. The summed E-state index contributed by atoms with van der Waals surface area (Å²) < 4.78 is 27.2. The lowest BCUT2D eigenvalue weighted by atomic mass is 10.0. The van der Waals surface area contributed by atoms with Crippen molar-refractivity contribution in [2.24, 2.45) is 0 Å². The summed E-state index contributed by atoms with van der Waals surface area (Å²) in [5, 5.41) is 2.67. The highest BCUT2D eigenvalue weighted by Gasteiger charge is 2.45. The maximum Gasteiger partial charge on any atom is 0.245 e. The second-order valence-corrected chi connectivity index (χ2v) is 7.77. The van der Waals surface area contributed by atoms with E-state index in [1.807, 2.05) is 0 Å². The highest BCUT2D eigenvalue weighted by atomic mass is 79.9. The molecule has 0 radical (unpaired) electrons. The van der Waals surface area contributed by atoms with Gasteiger partial charge in [-0.2, -0.15) is 4.31 Å². The molecule has 1 heterocycles. The number of nitrogens with two attached hydrogens (primary N) is 1. The average molecular weight is 362 g/mol. The summed E-state index contributed by atoms with van der Waals surface area (Å²) in [5.74, 6) is -0.313. The number of carbonyl (C=O) groups excluding carboxylic acids is 1. The van der Waals surface area contributed by atoms with Crippen LogP contribution in [0.1, 0.15) is 13.8 Å².